The predicted molar refractivity (Wildman–Crippen MR) is 112 cm³/mol. The lowest BCUT2D eigenvalue weighted by molar-refractivity contribution is 0.208. The molecule has 0 saturated carbocycles. The molecular formula is C19H22BrClN2O3S. The maximum atomic E-state index is 12.9. The monoisotopic (exact) mass is 472 g/mol. The number of likely N-dealkylation sites (tertiary alicyclic amines) is 1. The first-order chi connectivity index (χ1) is 12.7. The Morgan fingerprint density at radius 2 is 1.89 bits per heavy atom. The lowest BCUT2D eigenvalue weighted by atomic mass is 10.2. The molecule has 1 aliphatic heterocycles. The van der Waals surface area contributed by atoms with Crippen molar-refractivity contribution >= 4 is 43.2 Å². The Bertz CT molecular complexity index is 942. The highest BCUT2D eigenvalue weighted by atomic mass is 79.9. The van der Waals surface area contributed by atoms with Gasteiger partial charge in [-0.25, -0.2) is 8.42 Å². The van der Waals surface area contributed by atoms with Gasteiger partial charge in [-0.15, -0.1) is 0 Å². The van der Waals surface area contributed by atoms with Gasteiger partial charge in [-0.05, 0) is 62.7 Å². The second kappa shape index (κ2) is 7.99. The fourth-order valence-corrected chi connectivity index (χ4v) is 5.71. The smallest absolute Gasteiger partial charge is 0.262 e. The molecule has 1 atom stereocenters. The van der Waals surface area contributed by atoms with E-state index < -0.39 is 10.0 Å². The number of sulfonamides is 1. The van der Waals surface area contributed by atoms with E-state index in [0.29, 0.717) is 27.6 Å². The van der Waals surface area contributed by atoms with Crippen LogP contribution in [0, 0.1) is 13.8 Å². The first kappa shape index (κ1) is 20.5. The molecule has 1 N–H and O–H groups in total. The summed E-state index contributed by atoms with van der Waals surface area (Å²) in [6.45, 7) is 5.35. The number of ether oxygens (including phenoxy) is 1. The van der Waals surface area contributed by atoms with E-state index in [0.717, 1.165) is 24.0 Å². The molecule has 0 aromatic heterocycles. The zero-order valence-corrected chi connectivity index (χ0v) is 18.6. The van der Waals surface area contributed by atoms with Crippen LogP contribution in [-0.2, 0) is 10.0 Å². The van der Waals surface area contributed by atoms with Crippen LogP contribution in [-0.4, -0.2) is 39.6 Å². The van der Waals surface area contributed by atoms with Crippen molar-refractivity contribution in [2.45, 2.75) is 31.3 Å². The highest BCUT2D eigenvalue weighted by Gasteiger charge is 2.23. The minimum absolute atomic E-state index is 0.0512. The quantitative estimate of drug-likeness (QED) is 0.689. The molecule has 1 fully saturated rings. The molecule has 1 unspecified atom stereocenters. The van der Waals surface area contributed by atoms with Gasteiger partial charge >= 0.3 is 0 Å². The topological polar surface area (TPSA) is 58.6 Å². The summed E-state index contributed by atoms with van der Waals surface area (Å²) in [4.78, 5) is 2.46. The average molecular weight is 474 g/mol. The summed E-state index contributed by atoms with van der Waals surface area (Å²) < 4.78 is 35.3. The molecular weight excluding hydrogens is 452 g/mol. The van der Waals surface area contributed by atoms with Crippen molar-refractivity contribution in [1.29, 1.82) is 0 Å². The van der Waals surface area contributed by atoms with E-state index in [1.807, 2.05) is 7.05 Å². The summed E-state index contributed by atoms with van der Waals surface area (Å²) in [6, 6.07) is 8.50. The maximum absolute atomic E-state index is 12.9. The first-order valence-electron chi connectivity index (χ1n) is 8.60. The van der Waals surface area contributed by atoms with E-state index in [-0.39, 0.29) is 11.0 Å². The Kier molecular flexibility index (Phi) is 6.05. The molecule has 1 saturated heterocycles. The summed E-state index contributed by atoms with van der Waals surface area (Å²) in [5.74, 6) is 0.487. The highest BCUT2D eigenvalue weighted by molar-refractivity contribution is 9.10. The lowest BCUT2D eigenvalue weighted by Gasteiger charge is -2.17. The number of benzene rings is 2. The van der Waals surface area contributed by atoms with E-state index >= 15 is 0 Å². The van der Waals surface area contributed by atoms with Crippen molar-refractivity contribution in [3.05, 3.63) is 51.0 Å². The van der Waals surface area contributed by atoms with Gasteiger partial charge < -0.3 is 9.64 Å². The number of likely N-dealkylation sites (N-methyl/N-ethyl adjacent to an activating group) is 1. The van der Waals surface area contributed by atoms with Crippen LogP contribution in [0.1, 0.15) is 17.5 Å². The second-order valence-corrected chi connectivity index (χ2v) is 9.85. The third-order valence-electron chi connectivity index (χ3n) is 4.52. The Hall–Kier alpha value is -1.28. The van der Waals surface area contributed by atoms with Crippen LogP contribution in [0.2, 0.25) is 5.02 Å². The molecule has 27 heavy (non-hydrogen) atoms. The second-order valence-electron chi connectivity index (χ2n) is 6.91. The van der Waals surface area contributed by atoms with Crippen LogP contribution in [0.5, 0.6) is 5.75 Å². The lowest BCUT2D eigenvalue weighted by Crippen LogP contribution is -2.21. The number of aryl methyl sites for hydroxylation is 2. The molecule has 2 aromatic carbocycles. The maximum Gasteiger partial charge on any atom is 0.262 e. The number of nitrogens with zero attached hydrogens (tertiary/aromatic N) is 1. The summed E-state index contributed by atoms with van der Waals surface area (Å²) >= 11 is 9.64. The molecule has 2 aromatic rings. The molecule has 0 radical (unpaired) electrons. The molecule has 8 heteroatoms. The third-order valence-corrected chi connectivity index (χ3v) is 6.97. The van der Waals surface area contributed by atoms with Gasteiger partial charge in [-0.3, -0.25) is 4.72 Å². The van der Waals surface area contributed by atoms with Gasteiger partial charge in [-0.2, -0.15) is 0 Å². The van der Waals surface area contributed by atoms with Crippen LogP contribution >= 0.6 is 27.5 Å². The molecule has 0 aliphatic carbocycles. The summed E-state index contributed by atoms with van der Waals surface area (Å²) in [6.07, 6.45) is 0.968. The van der Waals surface area contributed by atoms with Crippen LogP contribution < -0.4 is 9.46 Å². The average Bonchev–Trinajstić information content (AvgIpc) is 2.94. The van der Waals surface area contributed by atoms with Crippen molar-refractivity contribution < 1.29 is 13.2 Å². The fourth-order valence-electron chi connectivity index (χ4n) is 3.35. The van der Waals surface area contributed by atoms with E-state index in [2.05, 4.69) is 25.6 Å². The Balaban J connectivity index is 1.86. The summed E-state index contributed by atoms with van der Waals surface area (Å²) in [5.41, 5.74) is 1.77. The Morgan fingerprint density at radius 3 is 2.48 bits per heavy atom. The molecule has 0 bridgehead atoms. The standard InChI is InChI=1S/C19H22BrClN2O3S/c1-12-8-14(20)9-13(2)19(12)27(24,25)22-15-4-5-17(21)18(10-15)26-16-6-7-23(3)11-16/h4-5,8-10,16,22H,6-7,11H2,1-3H3. The molecule has 0 spiro atoms. The van der Waals surface area contributed by atoms with Crippen LogP contribution in [0.4, 0.5) is 5.69 Å². The molecule has 5 nitrogen and oxygen atoms in total. The summed E-state index contributed by atoms with van der Waals surface area (Å²) in [5, 5.41) is 0.462. The molecule has 0 amide bonds. The SMILES string of the molecule is Cc1cc(Br)cc(C)c1S(=O)(=O)Nc1ccc(Cl)c(OC2CCN(C)C2)c1. The minimum Gasteiger partial charge on any atom is -0.487 e. The highest BCUT2D eigenvalue weighted by Crippen LogP contribution is 2.32. The third kappa shape index (κ3) is 4.77. The fraction of sp³-hybridized carbons (Fsp3) is 0.368. The van der Waals surface area contributed by atoms with Crippen molar-refractivity contribution in [2.24, 2.45) is 0 Å². The predicted octanol–water partition coefficient (Wildman–Crippen LogP) is 4.60. The van der Waals surface area contributed by atoms with Crippen LogP contribution in [0.3, 0.4) is 0 Å². The summed E-state index contributed by atoms with van der Waals surface area (Å²) in [7, 11) is -1.69. The molecule has 3 rings (SSSR count). The Morgan fingerprint density at radius 1 is 1.22 bits per heavy atom. The molecule has 1 heterocycles. The van der Waals surface area contributed by atoms with Crippen molar-refractivity contribution in [3.8, 4) is 5.75 Å². The largest absolute Gasteiger partial charge is 0.487 e. The van der Waals surface area contributed by atoms with Crippen molar-refractivity contribution in [2.75, 3.05) is 24.9 Å². The number of hydrogen-bond acceptors (Lipinski definition) is 4. The van der Waals surface area contributed by atoms with Gasteiger partial charge in [0.25, 0.3) is 10.0 Å². The van der Waals surface area contributed by atoms with E-state index in [9.17, 15) is 8.42 Å². The van der Waals surface area contributed by atoms with Gasteiger partial charge in [0.15, 0.2) is 0 Å². The van der Waals surface area contributed by atoms with Gasteiger partial charge in [0.05, 0.1) is 15.6 Å². The molecule has 146 valence electrons. The van der Waals surface area contributed by atoms with E-state index in [1.54, 1.807) is 44.2 Å². The normalized spacial score (nSPS) is 17.9. The van der Waals surface area contributed by atoms with Gasteiger partial charge in [0.2, 0.25) is 0 Å². The molecule has 1 aliphatic rings. The van der Waals surface area contributed by atoms with Gasteiger partial charge in [0.1, 0.15) is 11.9 Å². The number of halogens is 2. The zero-order valence-electron chi connectivity index (χ0n) is 15.4. The zero-order chi connectivity index (χ0) is 19.8. The van der Waals surface area contributed by atoms with E-state index in [1.165, 1.54) is 0 Å². The first-order valence-corrected chi connectivity index (χ1v) is 11.3. The minimum atomic E-state index is -3.73. The Labute approximate surface area is 173 Å². The van der Waals surface area contributed by atoms with Gasteiger partial charge in [0, 0.05) is 23.6 Å². The van der Waals surface area contributed by atoms with Crippen molar-refractivity contribution in [3.63, 3.8) is 0 Å². The van der Waals surface area contributed by atoms with Crippen molar-refractivity contribution in [1.82, 2.24) is 4.90 Å². The number of nitrogens with one attached hydrogen (secondary N) is 1. The number of anilines is 1. The van der Waals surface area contributed by atoms with E-state index in [4.69, 9.17) is 16.3 Å². The van der Waals surface area contributed by atoms with Crippen LogP contribution in [0.15, 0.2) is 39.7 Å². The number of hydrogen-bond donors (Lipinski definition) is 1. The van der Waals surface area contributed by atoms with Gasteiger partial charge in [-0.1, -0.05) is 27.5 Å². The number of rotatable bonds is 5. The van der Waals surface area contributed by atoms with Crippen LogP contribution in [0.25, 0.3) is 0 Å².